The minimum atomic E-state index is -2.78. The third kappa shape index (κ3) is 13.6. The van der Waals surface area contributed by atoms with Gasteiger partial charge in [-0.25, -0.2) is 19.6 Å². The summed E-state index contributed by atoms with van der Waals surface area (Å²) in [6.07, 6.45) is 8.50. The molecule has 2 aliphatic carbocycles. The van der Waals surface area contributed by atoms with Gasteiger partial charge in [-0.15, -0.1) is 0 Å². The van der Waals surface area contributed by atoms with Crippen molar-refractivity contribution in [3.63, 3.8) is 0 Å². The van der Waals surface area contributed by atoms with Crippen molar-refractivity contribution < 1.29 is 37.7 Å². The fourth-order valence-corrected chi connectivity index (χ4v) is 21.7. The molecule has 0 spiro atoms. The van der Waals surface area contributed by atoms with Gasteiger partial charge in [0.05, 0.1) is 38.5 Å². The molecule has 6 aromatic carbocycles. The molecule has 0 unspecified atom stereocenters. The molecule has 7 aliphatic rings. The van der Waals surface area contributed by atoms with Crippen molar-refractivity contribution in [3.05, 3.63) is 197 Å². The Hall–Kier alpha value is -9.79. The van der Waals surface area contributed by atoms with Crippen LogP contribution in [-0.2, 0) is 29.2 Å². The Labute approximate surface area is 594 Å². The lowest BCUT2D eigenvalue weighted by Crippen LogP contribution is -2.68. The molecule has 3 aromatic heterocycles. The summed E-state index contributed by atoms with van der Waals surface area (Å²) in [6.45, 7) is 19.4. The maximum Gasteiger partial charge on any atom is 0.410 e. The highest BCUT2D eigenvalue weighted by Gasteiger charge is 2.69. The largest absolute Gasteiger partial charge is 0.497 e. The zero-order valence-corrected chi connectivity index (χ0v) is 61.4. The van der Waals surface area contributed by atoms with Crippen molar-refractivity contribution in [2.45, 2.75) is 115 Å². The SMILES string of the molecule is COc1ccc(CNc2nccc3c(N(C)CC45CC(CO[Si](c6ccccc6)(c6ccccc6)C(C)(C)C)(CN4C(=O)OC(C)(C)C)C5)cccc23)c(OC)c1.Cc1cc(OCC23CN(C(=O)Nc4ccc5c(c4)CCCO5)C(CN(C)c4cccc5c(N)nccc45)(C2)C3)cc(=O)n1C. The predicted molar refractivity (Wildman–Crippen MR) is 405 cm³/mol. The molecule has 0 atom stereocenters. The standard InChI is InChI=1S/C47H58N4O5Si.C34H38N6O4/c1-44(2,3)56-43(52)51-31-46(33-55-57(45(4,5)6,36-17-12-10-13-18-36)37-19-14-11-15-20-37)29-47(51,30-46)32-50(7)40-22-16-21-39-38(40)25-26-48-42(39)49-28-34-23-24-35(53-8)27-41(34)54-9;1-22-14-25(16-30(41)39(22)3)44-21-33-17-34(18-33,20-38(2)28-8-4-7-27-26(28)11-12-36-31(27)35)40(19-33)32(42)37-24-9-10-29-23(15-24)6-5-13-43-29/h10-27H,28-33H2,1-9H3,(H,48,49);4,7-12,14-16H,5-6,13,17-21H2,1-3H3,(H2,35,36)(H,37,42). The molecule has 101 heavy (non-hydrogen) atoms. The van der Waals surface area contributed by atoms with Crippen LogP contribution in [0.3, 0.4) is 0 Å². The number of aromatic nitrogens is 3. The summed E-state index contributed by atoms with van der Waals surface area (Å²) < 4.78 is 38.3. The number of nitrogens with two attached hydrogens (primary N) is 1. The van der Waals surface area contributed by atoms with Gasteiger partial charge in [0.15, 0.2) is 0 Å². The molecule has 9 aromatic rings. The van der Waals surface area contributed by atoms with E-state index < -0.39 is 19.5 Å². The predicted octanol–water partition coefficient (Wildman–Crippen LogP) is 13.4. The Morgan fingerprint density at radius 2 is 1.29 bits per heavy atom. The average Bonchev–Trinajstić information content (AvgIpc) is 1.54. The van der Waals surface area contributed by atoms with E-state index in [2.05, 4.69) is 151 Å². The number of pyridine rings is 3. The number of hydrogen-bond acceptors (Lipinski definition) is 15. The Morgan fingerprint density at radius 3 is 1.91 bits per heavy atom. The highest BCUT2D eigenvalue weighted by molar-refractivity contribution is 6.99. The van der Waals surface area contributed by atoms with Crippen LogP contribution in [0.2, 0.25) is 5.04 Å². The number of methoxy groups -OCH3 is 2. The molecular formula is C81H96N10O9Si. The van der Waals surface area contributed by atoms with Crippen LogP contribution in [0.25, 0.3) is 21.5 Å². The Morgan fingerprint density at radius 1 is 0.673 bits per heavy atom. The first-order valence-corrected chi connectivity index (χ1v) is 37.0. The van der Waals surface area contributed by atoms with Gasteiger partial charge < -0.3 is 68.6 Å². The van der Waals surface area contributed by atoms with E-state index in [1.807, 2.05) is 104 Å². The van der Waals surface area contributed by atoms with Crippen molar-refractivity contribution >= 4 is 81.1 Å². The van der Waals surface area contributed by atoms with Crippen LogP contribution in [0.4, 0.5) is 38.3 Å². The zero-order valence-electron chi connectivity index (χ0n) is 60.4. The fraction of sp³-hybridized carbons (Fsp3) is 0.395. The second-order valence-electron chi connectivity index (χ2n) is 30.8. The van der Waals surface area contributed by atoms with Crippen molar-refractivity contribution in [1.82, 2.24) is 24.3 Å². The molecule has 6 fully saturated rings. The maximum atomic E-state index is 14.1. The lowest BCUT2D eigenvalue weighted by molar-refractivity contribution is -0.00136. The number of aryl methyl sites for hydroxylation is 2. The number of fused-ring (bicyclic) bond motifs is 5. The van der Waals surface area contributed by atoms with Crippen LogP contribution >= 0.6 is 0 Å². The Bertz CT molecular complexity index is 4560. The van der Waals surface area contributed by atoms with Crippen LogP contribution < -0.4 is 61.0 Å². The number of amides is 3. The second kappa shape index (κ2) is 27.3. The summed E-state index contributed by atoms with van der Waals surface area (Å²) in [5.74, 6) is 4.24. The second-order valence-corrected chi connectivity index (χ2v) is 35.1. The van der Waals surface area contributed by atoms with Gasteiger partial charge >= 0.3 is 12.1 Å². The number of rotatable bonds is 20. The molecule has 528 valence electrons. The van der Waals surface area contributed by atoms with Gasteiger partial charge in [-0.2, -0.15) is 0 Å². The highest BCUT2D eigenvalue weighted by Crippen LogP contribution is 2.62. The first-order chi connectivity index (χ1) is 48.3. The molecule has 4 saturated heterocycles. The lowest BCUT2D eigenvalue weighted by atomic mass is 9.62. The third-order valence-corrected chi connectivity index (χ3v) is 26.4. The number of benzene rings is 6. The van der Waals surface area contributed by atoms with Gasteiger partial charge in [0.1, 0.15) is 40.2 Å². The van der Waals surface area contributed by atoms with E-state index in [9.17, 15) is 14.4 Å². The van der Waals surface area contributed by atoms with E-state index in [1.165, 1.54) is 16.4 Å². The Kier molecular flexibility index (Phi) is 18.8. The number of anilines is 5. The smallest absolute Gasteiger partial charge is 0.410 e. The van der Waals surface area contributed by atoms with Gasteiger partial charge in [0, 0.05) is 146 Å². The van der Waals surface area contributed by atoms with Crippen LogP contribution in [0.1, 0.15) is 90.5 Å². The number of hydrogen-bond donors (Lipinski definition) is 3. The van der Waals surface area contributed by atoms with Crippen LogP contribution in [-0.4, -0.2) is 136 Å². The molecular weight excluding hydrogens is 1290 g/mol. The summed E-state index contributed by atoms with van der Waals surface area (Å²) in [6, 6.07) is 53.0. The monoisotopic (exact) mass is 1380 g/mol. The molecule has 4 bridgehead atoms. The number of ether oxygens (including phenoxy) is 5. The first-order valence-electron chi connectivity index (χ1n) is 35.1. The quantitative estimate of drug-likeness (QED) is 0.0608. The average molecular weight is 1380 g/mol. The minimum absolute atomic E-state index is 0.101. The van der Waals surface area contributed by atoms with Crippen molar-refractivity contribution in [2.75, 3.05) is 100 Å². The maximum absolute atomic E-state index is 14.1. The zero-order chi connectivity index (χ0) is 71.3. The molecule has 0 radical (unpaired) electrons. The van der Waals surface area contributed by atoms with Gasteiger partial charge in [0.25, 0.3) is 13.9 Å². The first kappa shape index (κ1) is 69.7. The number of nitrogens with one attached hydrogen (secondary N) is 2. The number of carbonyl (C=O) groups excluding carboxylic acids is 2. The molecule has 4 N–H and O–H groups in total. The van der Waals surface area contributed by atoms with Crippen molar-refractivity contribution in [1.29, 1.82) is 0 Å². The molecule has 16 rings (SSSR count). The highest BCUT2D eigenvalue weighted by atomic mass is 28.4. The fourth-order valence-electron chi connectivity index (χ4n) is 17.0. The molecule has 5 aliphatic heterocycles. The van der Waals surface area contributed by atoms with Gasteiger partial charge in [-0.05, 0) is 148 Å². The number of likely N-dealkylation sites (N-methyl/N-ethyl adjacent to an activating group) is 2. The van der Waals surface area contributed by atoms with E-state index in [-0.39, 0.29) is 39.1 Å². The van der Waals surface area contributed by atoms with E-state index in [0.717, 1.165) is 124 Å². The molecule has 19 nitrogen and oxygen atoms in total. The summed E-state index contributed by atoms with van der Waals surface area (Å²) >= 11 is 0. The minimum Gasteiger partial charge on any atom is -0.497 e. The molecule has 8 heterocycles. The Balaban J connectivity index is 0.000000186. The van der Waals surface area contributed by atoms with Gasteiger partial charge in [-0.3, -0.25) is 4.79 Å². The number of carbonyl (C=O) groups is 2. The topological polar surface area (TPSA) is 200 Å². The normalized spacial score (nSPS) is 20.3. The summed E-state index contributed by atoms with van der Waals surface area (Å²) in [7, 11) is 6.48. The van der Waals surface area contributed by atoms with Gasteiger partial charge in [-0.1, -0.05) is 106 Å². The van der Waals surface area contributed by atoms with E-state index in [1.54, 1.807) is 32.0 Å². The number of nitrogens with zero attached hydrogens (tertiary/aromatic N) is 7. The van der Waals surface area contributed by atoms with Crippen LogP contribution in [0.5, 0.6) is 23.0 Å². The summed E-state index contributed by atoms with van der Waals surface area (Å²) in [4.78, 5) is 58.0. The van der Waals surface area contributed by atoms with E-state index in [4.69, 9.17) is 38.8 Å². The lowest BCUT2D eigenvalue weighted by Gasteiger charge is -2.51. The van der Waals surface area contributed by atoms with Crippen LogP contribution in [0.15, 0.2) is 175 Å². The van der Waals surface area contributed by atoms with Crippen molar-refractivity contribution in [2.24, 2.45) is 17.9 Å². The number of nitrogen functional groups attached to an aromatic ring is 1. The third-order valence-electron chi connectivity index (χ3n) is 21.4. The molecule has 2 saturated carbocycles. The van der Waals surface area contributed by atoms with E-state index >= 15 is 0 Å². The van der Waals surface area contributed by atoms with Crippen LogP contribution in [0, 0.1) is 17.8 Å². The summed E-state index contributed by atoms with van der Waals surface area (Å²) in [5.41, 5.74) is 10.1. The molecule has 20 heteroatoms. The summed E-state index contributed by atoms with van der Waals surface area (Å²) in [5, 5.41) is 13.1. The van der Waals surface area contributed by atoms with E-state index in [0.29, 0.717) is 57.5 Å². The van der Waals surface area contributed by atoms with Gasteiger partial charge in [0.2, 0.25) is 0 Å². The van der Waals surface area contributed by atoms with Crippen molar-refractivity contribution in [3.8, 4) is 23.0 Å². The number of urea groups is 1. The molecule has 3 amide bonds.